The van der Waals surface area contributed by atoms with Gasteiger partial charge in [-0.25, -0.2) is 22.9 Å². The number of hydrogen-bond acceptors (Lipinski definition) is 6. The van der Waals surface area contributed by atoms with Gasteiger partial charge in [0, 0.05) is 34.1 Å². The molecule has 0 aliphatic heterocycles. The predicted molar refractivity (Wildman–Crippen MR) is 142 cm³/mol. The second kappa shape index (κ2) is 15.7. The third-order valence-corrected chi connectivity index (χ3v) is 6.07. The van der Waals surface area contributed by atoms with E-state index in [1.54, 1.807) is 19.1 Å². The summed E-state index contributed by atoms with van der Waals surface area (Å²) < 4.78 is 48.9. The summed E-state index contributed by atoms with van der Waals surface area (Å²) in [5.41, 5.74) is -0.451. The number of ketones is 1. The van der Waals surface area contributed by atoms with Crippen LogP contribution in [0.4, 0.5) is 13.2 Å². The molecular weight excluding hydrogens is 541 g/mol. The Labute approximate surface area is 265 Å². The van der Waals surface area contributed by atoms with E-state index in [1.807, 2.05) is 0 Å². The van der Waals surface area contributed by atoms with Crippen LogP contribution in [0.3, 0.4) is 0 Å². The summed E-state index contributed by atoms with van der Waals surface area (Å²) >= 11 is 0.897. The number of aryl methyl sites for hydroxylation is 1. The molecule has 1 aromatic heterocycles. The third-order valence-electron chi connectivity index (χ3n) is 5.22. The topological polar surface area (TPSA) is 93.6 Å². The number of thiazole rings is 1. The van der Waals surface area contributed by atoms with E-state index in [-0.39, 0.29) is 106 Å². The van der Waals surface area contributed by atoms with Crippen molar-refractivity contribution < 1.29 is 37.4 Å². The summed E-state index contributed by atoms with van der Waals surface area (Å²) in [6.45, 7) is 3.17. The number of aromatic nitrogens is 1. The average Bonchev–Trinajstić information content (AvgIpc) is 3.31. The summed E-state index contributed by atoms with van der Waals surface area (Å²) in [6, 6.07) is 6.33. The van der Waals surface area contributed by atoms with Crippen LogP contribution in [0.2, 0.25) is 0 Å². The molecule has 0 unspecified atom stereocenters. The number of aliphatic carboxylic acids is 1. The molecule has 3 aromatic rings. The molecule has 0 atom stereocenters. The van der Waals surface area contributed by atoms with Gasteiger partial charge in [0.15, 0.2) is 5.01 Å². The minimum absolute atomic E-state index is 0. The number of esters is 1. The normalized spacial score (nSPS) is 10.8. The molecule has 0 fully saturated rings. The summed E-state index contributed by atoms with van der Waals surface area (Å²) in [5.74, 6) is -5.19. The molecule has 1 heterocycles. The first-order valence-corrected chi connectivity index (χ1v) is 11.8. The Balaban J connectivity index is 0.00000361. The fourth-order valence-electron chi connectivity index (χ4n) is 3.38. The number of halogens is 3. The molecule has 12 heteroatoms. The summed E-state index contributed by atoms with van der Waals surface area (Å²) in [7, 11) is 0. The maximum atomic E-state index is 15.1. The van der Waals surface area contributed by atoms with Crippen molar-refractivity contribution in [2.45, 2.75) is 33.1 Å². The van der Waals surface area contributed by atoms with E-state index in [9.17, 15) is 23.2 Å². The van der Waals surface area contributed by atoms with Crippen molar-refractivity contribution in [3.63, 3.8) is 0 Å². The van der Waals surface area contributed by atoms with Crippen molar-refractivity contribution >= 4 is 94.2 Å². The molecule has 6 nitrogen and oxygen atoms in total. The molecule has 0 bridgehead atoms. The Morgan fingerprint density at radius 2 is 1.76 bits per heavy atom. The summed E-state index contributed by atoms with van der Waals surface area (Å²) in [5, 5.41) is 10.3. The Morgan fingerprint density at radius 3 is 2.37 bits per heavy atom. The second-order valence-corrected chi connectivity index (χ2v) is 8.65. The fraction of sp³-hybridized carbons (Fsp3) is 0.231. The van der Waals surface area contributed by atoms with Crippen LogP contribution in [0.25, 0.3) is 17.3 Å². The SMILES string of the molecule is CCOC(=O)CCCc1cccc(-c2csc(C(=O)c3cc(F)c(C=C(C)C(=O)O)c(F)c3)n2)c1F.[NaH].[NaH]. The molecule has 0 saturated carbocycles. The van der Waals surface area contributed by atoms with E-state index in [2.05, 4.69) is 4.98 Å². The number of ether oxygens (including phenoxy) is 1. The molecule has 192 valence electrons. The Morgan fingerprint density at radius 1 is 1.11 bits per heavy atom. The number of rotatable bonds is 10. The van der Waals surface area contributed by atoms with Gasteiger partial charge < -0.3 is 9.84 Å². The Bertz CT molecular complexity index is 1340. The van der Waals surface area contributed by atoms with Crippen molar-refractivity contribution in [2.24, 2.45) is 0 Å². The van der Waals surface area contributed by atoms with Gasteiger partial charge in [-0.15, -0.1) is 11.3 Å². The van der Waals surface area contributed by atoms with Gasteiger partial charge in [0.1, 0.15) is 17.5 Å². The van der Waals surface area contributed by atoms with Gasteiger partial charge >= 0.3 is 71.1 Å². The Kier molecular flexibility index (Phi) is 14.2. The van der Waals surface area contributed by atoms with Gasteiger partial charge in [-0.1, -0.05) is 12.1 Å². The van der Waals surface area contributed by atoms with Crippen molar-refractivity contribution in [2.75, 3.05) is 6.61 Å². The van der Waals surface area contributed by atoms with Crippen LogP contribution >= 0.6 is 11.3 Å². The molecule has 0 saturated heterocycles. The number of carboxylic acid groups (broad SMARTS) is 1. The van der Waals surface area contributed by atoms with Crippen molar-refractivity contribution in [3.8, 4) is 11.3 Å². The van der Waals surface area contributed by atoms with Crippen LogP contribution in [0.15, 0.2) is 41.3 Å². The first kappa shape index (κ1) is 34.2. The van der Waals surface area contributed by atoms with E-state index < -0.39 is 34.8 Å². The quantitative estimate of drug-likeness (QED) is 0.168. The van der Waals surface area contributed by atoms with E-state index in [0.717, 1.165) is 29.5 Å². The van der Waals surface area contributed by atoms with E-state index in [0.29, 0.717) is 18.4 Å². The molecule has 0 radical (unpaired) electrons. The average molecular weight is 566 g/mol. The molecular formula is C26H24F3NNa2O5S. The number of carbonyl (C=O) groups is 3. The van der Waals surface area contributed by atoms with Crippen molar-refractivity contribution in [1.82, 2.24) is 4.98 Å². The number of carboxylic acids is 1. The Hall–Kier alpha value is -1.79. The molecule has 0 spiro atoms. The monoisotopic (exact) mass is 565 g/mol. The van der Waals surface area contributed by atoms with Gasteiger partial charge in [0.25, 0.3) is 0 Å². The number of hydrogen-bond donors (Lipinski definition) is 1. The summed E-state index contributed by atoms with van der Waals surface area (Å²) in [4.78, 5) is 39.4. The predicted octanol–water partition coefficient (Wildman–Crippen LogP) is 4.54. The van der Waals surface area contributed by atoms with Gasteiger partial charge in [-0.3, -0.25) is 9.59 Å². The van der Waals surface area contributed by atoms with E-state index in [4.69, 9.17) is 9.84 Å². The molecule has 0 aliphatic carbocycles. The van der Waals surface area contributed by atoms with Gasteiger partial charge in [-0.2, -0.15) is 0 Å². The molecule has 38 heavy (non-hydrogen) atoms. The van der Waals surface area contributed by atoms with Crippen LogP contribution < -0.4 is 0 Å². The zero-order valence-corrected chi connectivity index (χ0v) is 20.3. The zero-order chi connectivity index (χ0) is 26.4. The van der Waals surface area contributed by atoms with E-state index >= 15 is 4.39 Å². The molecule has 3 rings (SSSR count). The van der Waals surface area contributed by atoms with Crippen molar-refractivity contribution in [3.05, 3.63) is 80.4 Å². The molecule has 0 amide bonds. The van der Waals surface area contributed by atoms with Crippen molar-refractivity contribution in [1.29, 1.82) is 0 Å². The van der Waals surface area contributed by atoms with Gasteiger partial charge in [0.2, 0.25) is 5.78 Å². The van der Waals surface area contributed by atoms with Crippen LogP contribution in [0.1, 0.15) is 53.2 Å². The minimum atomic E-state index is -1.33. The van der Waals surface area contributed by atoms with Gasteiger partial charge in [0.05, 0.1) is 12.3 Å². The van der Waals surface area contributed by atoms with Crippen LogP contribution in [-0.4, -0.2) is 93.5 Å². The van der Waals surface area contributed by atoms with E-state index in [1.165, 1.54) is 18.4 Å². The van der Waals surface area contributed by atoms with Crippen LogP contribution in [0, 0.1) is 17.5 Å². The zero-order valence-electron chi connectivity index (χ0n) is 19.4. The molecule has 1 N–H and O–H groups in total. The number of benzene rings is 2. The van der Waals surface area contributed by atoms with Gasteiger partial charge in [-0.05, 0) is 56.5 Å². The first-order valence-electron chi connectivity index (χ1n) is 11.0. The van der Waals surface area contributed by atoms with Crippen LogP contribution in [0.5, 0.6) is 0 Å². The second-order valence-electron chi connectivity index (χ2n) is 7.79. The third kappa shape index (κ3) is 8.61. The molecule has 0 aliphatic rings. The fourth-order valence-corrected chi connectivity index (χ4v) is 4.16. The van der Waals surface area contributed by atoms with Crippen LogP contribution in [-0.2, 0) is 20.7 Å². The first-order chi connectivity index (χ1) is 17.1. The maximum absolute atomic E-state index is 15.1. The summed E-state index contributed by atoms with van der Waals surface area (Å²) in [6.07, 6.45) is 1.69. The standard InChI is InChI=1S/C26H22F3NO5S.2Na.2H/c1-3-35-22(31)9-5-7-15-6-4-8-17(23(15)29)21-13-36-25(30-21)24(32)16-11-19(27)18(20(28)12-16)10-14(2)26(33)34;;;;/h4,6,8,10-13H,3,5,7,9H2,1-2H3,(H,33,34);;;;. The number of nitrogens with zero attached hydrogens (tertiary/aromatic N) is 1. The number of carbonyl (C=O) groups excluding carboxylic acids is 2. The molecule has 2 aromatic carbocycles.